The second-order valence-corrected chi connectivity index (χ2v) is 4.14. The molecule has 0 saturated heterocycles. The van der Waals surface area contributed by atoms with Crippen LogP contribution >= 0.6 is 0 Å². The van der Waals surface area contributed by atoms with E-state index in [0.717, 1.165) is 18.4 Å². The molecule has 0 aromatic heterocycles. The van der Waals surface area contributed by atoms with E-state index in [0.29, 0.717) is 0 Å². The van der Waals surface area contributed by atoms with Gasteiger partial charge in [0.15, 0.2) is 0 Å². The Kier molecular flexibility index (Phi) is 7.58. The van der Waals surface area contributed by atoms with Crippen molar-refractivity contribution >= 4 is 0 Å². The third-order valence-corrected chi connectivity index (χ3v) is 2.74. The van der Waals surface area contributed by atoms with Crippen LogP contribution in [0.25, 0.3) is 0 Å². The Bertz CT molecular complexity index is 79.0. The van der Waals surface area contributed by atoms with Crippen molar-refractivity contribution in [2.45, 2.75) is 52.9 Å². The van der Waals surface area contributed by atoms with E-state index >= 15 is 0 Å². The fourth-order valence-electron chi connectivity index (χ4n) is 1.31. The molecule has 1 unspecified atom stereocenters. The summed E-state index contributed by atoms with van der Waals surface area (Å²) in [7, 11) is 0. The summed E-state index contributed by atoms with van der Waals surface area (Å²) < 4.78 is 0. The lowest BCUT2D eigenvalue weighted by molar-refractivity contribution is 0.445. The molecule has 0 spiro atoms. The van der Waals surface area contributed by atoms with Gasteiger partial charge in [-0.25, -0.2) is 0 Å². The van der Waals surface area contributed by atoms with Gasteiger partial charge < -0.3 is 5.73 Å². The molecular formula is C11H25N. The van der Waals surface area contributed by atoms with Crippen LogP contribution in [0.4, 0.5) is 0 Å². The van der Waals surface area contributed by atoms with E-state index in [2.05, 4.69) is 20.8 Å². The molecule has 0 aromatic carbocycles. The van der Waals surface area contributed by atoms with Crippen molar-refractivity contribution < 1.29 is 0 Å². The second kappa shape index (κ2) is 7.60. The van der Waals surface area contributed by atoms with Gasteiger partial charge in [0.25, 0.3) is 0 Å². The number of hydrogen-bond donors (Lipinski definition) is 1. The van der Waals surface area contributed by atoms with Gasteiger partial charge in [-0.05, 0) is 24.8 Å². The van der Waals surface area contributed by atoms with Crippen molar-refractivity contribution in [3.63, 3.8) is 0 Å². The van der Waals surface area contributed by atoms with Crippen LogP contribution in [0.1, 0.15) is 52.9 Å². The van der Waals surface area contributed by atoms with Gasteiger partial charge in [0.2, 0.25) is 0 Å². The van der Waals surface area contributed by atoms with Crippen LogP contribution in [0.3, 0.4) is 0 Å². The van der Waals surface area contributed by atoms with Crippen molar-refractivity contribution in [2.75, 3.05) is 6.54 Å². The van der Waals surface area contributed by atoms with Gasteiger partial charge in [-0.1, -0.05) is 46.5 Å². The molecule has 0 aliphatic carbocycles. The number of unbranched alkanes of at least 4 members (excludes halogenated alkanes) is 1. The average molecular weight is 171 g/mol. The van der Waals surface area contributed by atoms with E-state index in [1.807, 2.05) is 0 Å². The maximum atomic E-state index is 5.54. The highest BCUT2D eigenvalue weighted by Gasteiger charge is 2.00. The van der Waals surface area contributed by atoms with Gasteiger partial charge in [0.1, 0.15) is 0 Å². The van der Waals surface area contributed by atoms with Crippen molar-refractivity contribution in [2.24, 2.45) is 17.6 Å². The first kappa shape index (κ1) is 12.0. The van der Waals surface area contributed by atoms with Crippen LogP contribution in [0.5, 0.6) is 0 Å². The van der Waals surface area contributed by atoms with E-state index in [1.165, 1.54) is 32.1 Å². The number of nitrogens with two attached hydrogens (primary N) is 1. The Balaban J connectivity index is 3.10. The molecule has 0 heterocycles. The summed E-state index contributed by atoms with van der Waals surface area (Å²) in [6, 6.07) is 0. The predicted molar refractivity (Wildman–Crippen MR) is 56.1 cm³/mol. The van der Waals surface area contributed by atoms with E-state index in [-0.39, 0.29) is 0 Å². The second-order valence-electron chi connectivity index (χ2n) is 4.14. The third-order valence-electron chi connectivity index (χ3n) is 2.74. The molecule has 0 aliphatic heterocycles. The van der Waals surface area contributed by atoms with Crippen molar-refractivity contribution in [1.29, 1.82) is 0 Å². The number of rotatable bonds is 7. The SMILES string of the molecule is CC[C@@H](C)CCCCC(C)CN. The smallest absolute Gasteiger partial charge is 0.00515 e. The highest BCUT2D eigenvalue weighted by molar-refractivity contribution is 4.55. The van der Waals surface area contributed by atoms with Gasteiger partial charge in [0.05, 0.1) is 0 Å². The van der Waals surface area contributed by atoms with Gasteiger partial charge in [-0.2, -0.15) is 0 Å². The van der Waals surface area contributed by atoms with Gasteiger partial charge in [-0.15, -0.1) is 0 Å². The lowest BCUT2D eigenvalue weighted by Crippen LogP contribution is -2.10. The Morgan fingerprint density at radius 2 is 1.50 bits per heavy atom. The molecule has 0 aliphatic rings. The van der Waals surface area contributed by atoms with Crippen LogP contribution in [0.15, 0.2) is 0 Å². The van der Waals surface area contributed by atoms with E-state index in [1.54, 1.807) is 0 Å². The zero-order valence-electron chi connectivity index (χ0n) is 8.97. The lowest BCUT2D eigenvalue weighted by atomic mass is 9.98. The topological polar surface area (TPSA) is 26.0 Å². The van der Waals surface area contributed by atoms with E-state index in [4.69, 9.17) is 5.73 Å². The summed E-state index contributed by atoms with van der Waals surface area (Å²) in [5.74, 6) is 1.64. The molecule has 0 saturated carbocycles. The molecule has 2 atom stereocenters. The van der Waals surface area contributed by atoms with Crippen LogP contribution in [0.2, 0.25) is 0 Å². The first-order valence-electron chi connectivity index (χ1n) is 5.40. The first-order chi connectivity index (χ1) is 5.70. The van der Waals surface area contributed by atoms with E-state index in [9.17, 15) is 0 Å². The van der Waals surface area contributed by atoms with Gasteiger partial charge in [0, 0.05) is 0 Å². The van der Waals surface area contributed by atoms with Crippen molar-refractivity contribution in [3.8, 4) is 0 Å². The zero-order chi connectivity index (χ0) is 9.40. The normalized spacial score (nSPS) is 16.0. The fourth-order valence-corrected chi connectivity index (χ4v) is 1.31. The van der Waals surface area contributed by atoms with Gasteiger partial charge in [-0.3, -0.25) is 0 Å². The summed E-state index contributed by atoms with van der Waals surface area (Å²) in [5, 5.41) is 0. The summed E-state index contributed by atoms with van der Waals surface area (Å²) in [5.41, 5.74) is 5.54. The largest absolute Gasteiger partial charge is 0.330 e. The molecule has 0 radical (unpaired) electrons. The van der Waals surface area contributed by atoms with Crippen LogP contribution < -0.4 is 5.73 Å². The van der Waals surface area contributed by atoms with Crippen LogP contribution in [0, 0.1) is 11.8 Å². The monoisotopic (exact) mass is 171 g/mol. The van der Waals surface area contributed by atoms with E-state index < -0.39 is 0 Å². The molecule has 12 heavy (non-hydrogen) atoms. The van der Waals surface area contributed by atoms with Crippen molar-refractivity contribution in [1.82, 2.24) is 0 Å². The standard InChI is InChI=1S/C11H25N/c1-4-10(2)7-5-6-8-11(3)9-12/h10-11H,4-9,12H2,1-3H3/t10-,11?/m1/s1. The zero-order valence-corrected chi connectivity index (χ0v) is 8.97. The summed E-state index contributed by atoms with van der Waals surface area (Å²) in [4.78, 5) is 0. The molecule has 0 amide bonds. The molecule has 1 heteroatoms. The molecular weight excluding hydrogens is 146 g/mol. The Morgan fingerprint density at radius 1 is 1.00 bits per heavy atom. The summed E-state index contributed by atoms with van der Waals surface area (Å²) in [6.07, 6.45) is 6.79. The average Bonchev–Trinajstić information content (AvgIpc) is 2.11. The highest BCUT2D eigenvalue weighted by Crippen LogP contribution is 2.14. The maximum absolute atomic E-state index is 5.54. The Hall–Kier alpha value is -0.0400. The van der Waals surface area contributed by atoms with Crippen LogP contribution in [-0.4, -0.2) is 6.54 Å². The quantitative estimate of drug-likeness (QED) is 0.585. The molecule has 0 fully saturated rings. The number of hydrogen-bond acceptors (Lipinski definition) is 1. The molecule has 2 N–H and O–H groups in total. The molecule has 0 bridgehead atoms. The fraction of sp³-hybridized carbons (Fsp3) is 1.00. The minimum absolute atomic E-state index is 0.724. The molecule has 1 nitrogen and oxygen atoms in total. The Morgan fingerprint density at radius 3 is 1.92 bits per heavy atom. The minimum atomic E-state index is 0.724. The predicted octanol–water partition coefficient (Wildman–Crippen LogP) is 3.19. The third kappa shape index (κ3) is 6.66. The highest BCUT2D eigenvalue weighted by atomic mass is 14.5. The van der Waals surface area contributed by atoms with Gasteiger partial charge >= 0.3 is 0 Å². The van der Waals surface area contributed by atoms with Crippen molar-refractivity contribution in [3.05, 3.63) is 0 Å². The molecule has 0 aromatic rings. The lowest BCUT2D eigenvalue weighted by Gasteiger charge is -2.10. The summed E-state index contributed by atoms with van der Waals surface area (Å²) in [6.45, 7) is 7.70. The van der Waals surface area contributed by atoms with Crippen LogP contribution in [-0.2, 0) is 0 Å². The summed E-state index contributed by atoms with van der Waals surface area (Å²) >= 11 is 0. The maximum Gasteiger partial charge on any atom is -0.00515 e. The minimum Gasteiger partial charge on any atom is -0.330 e. The first-order valence-corrected chi connectivity index (χ1v) is 5.40. The molecule has 0 rings (SSSR count). The molecule has 74 valence electrons. The Labute approximate surface area is 77.7 Å².